The Hall–Kier alpha value is -2.21. The van der Waals surface area contributed by atoms with Gasteiger partial charge in [0.25, 0.3) is 5.91 Å². The number of nitrogens with zero attached hydrogens (tertiary/aromatic N) is 1. The van der Waals surface area contributed by atoms with Crippen LogP contribution >= 0.6 is 11.3 Å². The molecule has 0 aliphatic carbocycles. The minimum atomic E-state index is -0.515. The number of ether oxygens (including phenoxy) is 1. The number of amides is 1. The quantitative estimate of drug-likeness (QED) is 0.879. The monoisotopic (exact) mass is 318 g/mol. The summed E-state index contributed by atoms with van der Waals surface area (Å²) in [4.78, 5) is 28.4. The number of hydrogen-bond donors (Lipinski definition) is 1. The zero-order valence-corrected chi connectivity index (χ0v) is 13.8. The average molecular weight is 318 g/mol. The number of carbonyl (C=O) groups is 2. The van der Waals surface area contributed by atoms with Crippen LogP contribution in [0.1, 0.15) is 31.5 Å². The van der Waals surface area contributed by atoms with Gasteiger partial charge in [-0.15, -0.1) is 11.3 Å². The van der Waals surface area contributed by atoms with Gasteiger partial charge in [-0.2, -0.15) is 0 Å². The van der Waals surface area contributed by atoms with E-state index >= 15 is 0 Å². The second-order valence-electron chi connectivity index (χ2n) is 5.15. The van der Waals surface area contributed by atoms with Crippen LogP contribution in [0.25, 0.3) is 0 Å². The van der Waals surface area contributed by atoms with Crippen LogP contribution in [0.5, 0.6) is 0 Å². The van der Waals surface area contributed by atoms with Crippen molar-refractivity contribution in [1.82, 2.24) is 4.98 Å². The van der Waals surface area contributed by atoms with Gasteiger partial charge >= 0.3 is 5.97 Å². The second-order valence-corrected chi connectivity index (χ2v) is 6.35. The van der Waals surface area contributed by atoms with Gasteiger partial charge in [0, 0.05) is 5.69 Å². The molecule has 2 rings (SSSR count). The fraction of sp³-hybridized carbons (Fsp3) is 0.312. The van der Waals surface area contributed by atoms with Crippen LogP contribution in [-0.2, 0) is 9.53 Å². The third kappa shape index (κ3) is 4.14. The Balaban J connectivity index is 1.92. The van der Waals surface area contributed by atoms with Crippen molar-refractivity contribution in [3.05, 3.63) is 44.9 Å². The summed E-state index contributed by atoms with van der Waals surface area (Å²) in [5.74, 6) is -0.879. The zero-order chi connectivity index (χ0) is 16.3. The molecular weight excluding hydrogens is 300 g/mol. The van der Waals surface area contributed by atoms with E-state index < -0.39 is 5.97 Å². The molecule has 1 N–H and O–H groups in total. The van der Waals surface area contributed by atoms with Gasteiger partial charge in [0.1, 0.15) is 4.88 Å². The van der Waals surface area contributed by atoms with Crippen LogP contribution in [-0.4, -0.2) is 23.5 Å². The summed E-state index contributed by atoms with van der Waals surface area (Å²) in [5.41, 5.74) is 3.44. The Bertz CT molecular complexity index is 702. The number of hydrogen-bond acceptors (Lipinski definition) is 5. The maximum absolute atomic E-state index is 11.9. The summed E-state index contributed by atoms with van der Waals surface area (Å²) in [6.07, 6.45) is 0. The Morgan fingerprint density at radius 3 is 2.32 bits per heavy atom. The smallest absolute Gasteiger partial charge is 0.350 e. The highest BCUT2D eigenvalue weighted by Gasteiger charge is 2.16. The average Bonchev–Trinajstić information content (AvgIpc) is 2.74. The zero-order valence-electron chi connectivity index (χ0n) is 13.0. The van der Waals surface area contributed by atoms with E-state index in [1.807, 2.05) is 39.0 Å². The lowest BCUT2D eigenvalue weighted by Gasteiger charge is -2.08. The molecule has 0 atom stereocenters. The van der Waals surface area contributed by atoms with Gasteiger partial charge in [0.05, 0.1) is 10.7 Å². The number of carbonyl (C=O) groups excluding carboxylic acids is 2. The lowest BCUT2D eigenvalue weighted by molar-refractivity contribution is -0.119. The number of aryl methyl sites for hydroxylation is 4. The van der Waals surface area contributed by atoms with Crippen LogP contribution in [0.2, 0.25) is 0 Å². The summed E-state index contributed by atoms with van der Waals surface area (Å²) in [5, 5.41) is 3.52. The lowest BCUT2D eigenvalue weighted by atomic mass is 10.1. The first-order chi connectivity index (χ1) is 10.3. The molecule has 1 aromatic heterocycles. The van der Waals surface area contributed by atoms with Crippen molar-refractivity contribution >= 4 is 28.9 Å². The summed E-state index contributed by atoms with van der Waals surface area (Å²) >= 11 is 1.26. The minimum absolute atomic E-state index is 0.317. The van der Waals surface area contributed by atoms with E-state index in [9.17, 15) is 9.59 Å². The molecule has 0 unspecified atom stereocenters. The van der Waals surface area contributed by atoms with E-state index in [2.05, 4.69) is 10.3 Å². The minimum Gasteiger partial charge on any atom is -0.451 e. The highest BCUT2D eigenvalue weighted by Crippen LogP contribution is 2.18. The van der Waals surface area contributed by atoms with Crippen molar-refractivity contribution in [2.24, 2.45) is 0 Å². The van der Waals surface area contributed by atoms with Crippen molar-refractivity contribution in [1.29, 1.82) is 0 Å². The molecule has 0 saturated heterocycles. The Labute approximate surface area is 133 Å². The predicted octanol–water partition coefficient (Wildman–Crippen LogP) is 3.17. The van der Waals surface area contributed by atoms with Crippen LogP contribution < -0.4 is 5.32 Å². The number of anilines is 1. The van der Waals surface area contributed by atoms with E-state index in [-0.39, 0.29) is 12.5 Å². The summed E-state index contributed by atoms with van der Waals surface area (Å²) < 4.78 is 5.04. The van der Waals surface area contributed by atoms with Gasteiger partial charge < -0.3 is 10.1 Å². The molecule has 0 spiro atoms. The molecule has 5 nitrogen and oxygen atoms in total. The molecular formula is C16H18N2O3S. The van der Waals surface area contributed by atoms with Crippen molar-refractivity contribution in [2.45, 2.75) is 27.7 Å². The van der Waals surface area contributed by atoms with Crippen LogP contribution in [0.15, 0.2) is 18.2 Å². The van der Waals surface area contributed by atoms with Crippen LogP contribution in [0, 0.1) is 27.7 Å². The predicted molar refractivity (Wildman–Crippen MR) is 86.4 cm³/mol. The van der Waals surface area contributed by atoms with Crippen LogP contribution in [0.3, 0.4) is 0 Å². The van der Waals surface area contributed by atoms with Crippen molar-refractivity contribution in [3.63, 3.8) is 0 Å². The van der Waals surface area contributed by atoms with E-state index in [1.165, 1.54) is 11.3 Å². The van der Waals surface area contributed by atoms with Gasteiger partial charge in [-0.05, 0) is 51.0 Å². The van der Waals surface area contributed by atoms with E-state index in [4.69, 9.17) is 4.74 Å². The first-order valence-corrected chi connectivity index (χ1v) is 7.66. The van der Waals surface area contributed by atoms with Crippen molar-refractivity contribution < 1.29 is 14.3 Å². The van der Waals surface area contributed by atoms with E-state index in [1.54, 1.807) is 6.92 Å². The maximum atomic E-state index is 11.9. The third-order valence-electron chi connectivity index (χ3n) is 2.93. The fourth-order valence-electron chi connectivity index (χ4n) is 2.16. The summed E-state index contributed by atoms with van der Waals surface area (Å²) in [6, 6.07) is 5.75. The molecule has 22 heavy (non-hydrogen) atoms. The SMILES string of the molecule is Cc1cc(C)cc(NC(=O)COC(=O)c2sc(C)nc2C)c1. The molecule has 116 valence electrons. The molecule has 0 bridgehead atoms. The summed E-state index contributed by atoms with van der Waals surface area (Å²) in [7, 11) is 0. The molecule has 1 amide bonds. The number of aromatic nitrogens is 1. The van der Waals surface area contributed by atoms with Gasteiger partial charge in [0.15, 0.2) is 6.61 Å². The van der Waals surface area contributed by atoms with Crippen LogP contribution in [0.4, 0.5) is 5.69 Å². The highest BCUT2D eigenvalue weighted by atomic mass is 32.1. The normalized spacial score (nSPS) is 10.4. The molecule has 6 heteroatoms. The van der Waals surface area contributed by atoms with Crippen molar-refractivity contribution in [3.8, 4) is 0 Å². The molecule has 0 fully saturated rings. The molecule has 1 aromatic carbocycles. The molecule has 0 aliphatic heterocycles. The van der Waals surface area contributed by atoms with Gasteiger partial charge in [0.2, 0.25) is 0 Å². The molecule has 0 aliphatic rings. The van der Waals surface area contributed by atoms with Gasteiger partial charge in [-0.1, -0.05) is 6.07 Å². The number of thiazole rings is 1. The summed E-state index contributed by atoms with van der Waals surface area (Å²) in [6.45, 7) is 7.16. The topological polar surface area (TPSA) is 68.3 Å². The fourth-order valence-corrected chi connectivity index (χ4v) is 2.97. The van der Waals surface area contributed by atoms with Gasteiger partial charge in [-0.3, -0.25) is 4.79 Å². The molecule has 0 radical (unpaired) electrons. The molecule has 0 saturated carbocycles. The Morgan fingerprint density at radius 2 is 1.77 bits per heavy atom. The maximum Gasteiger partial charge on any atom is 0.350 e. The molecule has 1 heterocycles. The first-order valence-electron chi connectivity index (χ1n) is 6.84. The largest absolute Gasteiger partial charge is 0.451 e. The van der Waals surface area contributed by atoms with E-state index in [0.29, 0.717) is 16.3 Å². The number of esters is 1. The van der Waals surface area contributed by atoms with Crippen molar-refractivity contribution in [2.75, 3.05) is 11.9 Å². The number of rotatable bonds is 4. The van der Waals surface area contributed by atoms with Gasteiger partial charge in [-0.25, -0.2) is 9.78 Å². The second kappa shape index (κ2) is 6.70. The van der Waals surface area contributed by atoms with E-state index in [0.717, 1.165) is 16.1 Å². The standard InChI is InChI=1S/C16H18N2O3S/c1-9-5-10(2)7-13(6-9)18-14(19)8-21-16(20)15-11(3)17-12(4)22-15/h5-7H,8H2,1-4H3,(H,18,19). The number of nitrogens with one attached hydrogen (secondary N) is 1. The lowest BCUT2D eigenvalue weighted by Crippen LogP contribution is -2.21. The molecule has 2 aromatic rings. The first kappa shape index (κ1) is 16.2. The highest BCUT2D eigenvalue weighted by molar-refractivity contribution is 7.13. The Morgan fingerprint density at radius 1 is 1.14 bits per heavy atom. The number of benzene rings is 1. The third-order valence-corrected chi connectivity index (χ3v) is 3.98. The Kier molecular flexibility index (Phi) is 4.92.